The molecule has 19 heavy (non-hydrogen) atoms. The Morgan fingerprint density at radius 2 is 2.16 bits per heavy atom. The Morgan fingerprint density at radius 1 is 1.47 bits per heavy atom. The summed E-state index contributed by atoms with van der Waals surface area (Å²) >= 11 is 0. The maximum Gasteiger partial charge on any atom is 0.315 e. The van der Waals surface area contributed by atoms with Crippen LogP contribution in [0.4, 0.5) is 4.79 Å². The molecule has 0 bridgehead atoms. The van der Waals surface area contributed by atoms with Crippen molar-refractivity contribution in [1.82, 2.24) is 20.4 Å². The fraction of sp³-hybridized carbons (Fsp3) is 0.692. The summed E-state index contributed by atoms with van der Waals surface area (Å²) in [6.45, 7) is 6.21. The monoisotopic (exact) mass is 268 g/mol. The summed E-state index contributed by atoms with van der Waals surface area (Å²) in [5.41, 5.74) is 0.967. The maximum atomic E-state index is 11.7. The number of carbonyl (C=O) groups is 1. The van der Waals surface area contributed by atoms with Gasteiger partial charge in [0.15, 0.2) is 0 Å². The van der Waals surface area contributed by atoms with E-state index >= 15 is 0 Å². The molecule has 0 fully saturated rings. The molecule has 0 aromatic carbocycles. The molecule has 6 heteroatoms. The summed E-state index contributed by atoms with van der Waals surface area (Å²) in [4.78, 5) is 11.7. The average molecular weight is 268 g/mol. The van der Waals surface area contributed by atoms with Crippen LogP contribution in [0.1, 0.15) is 38.8 Å². The van der Waals surface area contributed by atoms with Crippen LogP contribution in [-0.2, 0) is 7.05 Å². The minimum atomic E-state index is -0.339. The molecule has 1 heterocycles. The minimum Gasteiger partial charge on any atom is -0.393 e. The third-order valence-electron chi connectivity index (χ3n) is 2.93. The van der Waals surface area contributed by atoms with Gasteiger partial charge in [-0.2, -0.15) is 5.10 Å². The Labute approximate surface area is 114 Å². The molecule has 1 aromatic heterocycles. The van der Waals surface area contributed by atoms with Gasteiger partial charge in [-0.15, -0.1) is 0 Å². The Kier molecular flexibility index (Phi) is 5.82. The number of aliphatic hydroxyl groups excluding tert-OH is 1. The van der Waals surface area contributed by atoms with Crippen molar-refractivity contribution in [3.63, 3.8) is 0 Å². The second-order valence-corrected chi connectivity index (χ2v) is 5.21. The van der Waals surface area contributed by atoms with E-state index < -0.39 is 0 Å². The highest BCUT2D eigenvalue weighted by molar-refractivity contribution is 5.74. The molecule has 0 saturated heterocycles. The predicted molar refractivity (Wildman–Crippen MR) is 73.6 cm³/mol. The van der Waals surface area contributed by atoms with Crippen LogP contribution >= 0.6 is 0 Å². The molecule has 108 valence electrons. The lowest BCUT2D eigenvalue weighted by Crippen LogP contribution is -2.39. The Morgan fingerprint density at radius 3 is 2.68 bits per heavy atom. The number of rotatable bonds is 6. The summed E-state index contributed by atoms with van der Waals surface area (Å²) in [5.74, 6) is 0.249. The van der Waals surface area contributed by atoms with Gasteiger partial charge in [0.05, 0.1) is 18.3 Å². The zero-order valence-corrected chi connectivity index (χ0v) is 12.1. The zero-order chi connectivity index (χ0) is 14.4. The van der Waals surface area contributed by atoms with Crippen LogP contribution in [0.15, 0.2) is 12.4 Å². The first-order valence-corrected chi connectivity index (χ1v) is 6.59. The molecule has 0 saturated carbocycles. The summed E-state index contributed by atoms with van der Waals surface area (Å²) in [6, 6.07) is -0.283. The normalized spacial score (nSPS) is 15.6. The van der Waals surface area contributed by atoms with E-state index in [1.807, 2.05) is 27.1 Å². The largest absolute Gasteiger partial charge is 0.393 e. The first-order valence-electron chi connectivity index (χ1n) is 6.59. The van der Waals surface area contributed by atoms with Crippen LogP contribution in [0.25, 0.3) is 0 Å². The molecule has 6 nitrogen and oxygen atoms in total. The minimum absolute atomic E-state index is 0.0826. The van der Waals surface area contributed by atoms with E-state index in [1.165, 1.54) is 0 Å². The number of nitrogens with zero attached hydrogens (tertiary/aromatic N) is 2. The van der Waals surface area contributed by atoms with Crippen molar-refractivity contribution in [1.29, 1.82) is 0 Å². The van der Waals surface area contributed by atoms with Crippen LogP contribution in [0.2, 0.25) is 0 Å². The van der Waals surface area contributed by atoms with Crippen molar-refractivity contribution < 1.29 is 9.90 Å². The Balaban J connectivity index is 2.31. The first kappa shape index (κ1) is 15.5. The van der Waals surface area contributed by atoms with Gasteiger partial charge in [-0.3, -0.25) is 4.68 Å². The van der Waals surface area contributed by atoms with Crippen LogP contribution in [0.3, 0.4) is 0 Å². The van der Waals surface area contributed by atoms with Crippen molar-refractivity contribution in [2.45, 2.75) is 39.3 Å². The number of carbonyl (C=O) groups excluding carboxylic acids is 1. The van der Waals surface area contributed by atoms with Crippen LogP contribution in [-0.4, -0.2) is 33.6 Å². The molecule has 0 spiro atoms. The van der Waals surface area contributed by atoms with Gasteiger partial charge in [-0.05, 0) is 26.2 Å². The Bertz CT molecular complexity index is 403. The predicted octanol–water partition coefficient (Wildman–Crippen LogP) is 1.19. The van der Waals surface area contributed by atoms with E-state index in [2.05, 4.69) is 15.7 Å². The number of aryl methyl sites for hydroxylation is 1. The molecule has 0 aliphatic heterocycles. The molecule has 3 N–H and O–H groups in total. The van der Waals surface area contributed by atoms with Crippen molar-refractivity contribution >= 4 is 6.03 Å². The van der Waals surface area contributed by atoms with Crippen molar-refractivity contribution in [3.8, 4) is 0 Å². The number of aromatic nitrogens is 2. The van der Waals surface area contributed by atoms with E-state index in [9.17, 15) is 9.90 Å². The second kappa shape index (κ2) is 7.13. The third-order valence-corrected chi connectivity index (χ3v) is 2.93. The molecule has 1 rings (SSSR count). The summed E-state index contributed by atoms with van der Waals surface area (Å²) in [7, 11) is 1.84. The smallest absolute Gasteiger partial charge is 0.315 e. The van der Waals surface area contributed by atoms with Crippen molar-refractivity contribution in [2.75, 3.05) is 6.54 Å². The van der Waals surface area contributed by atoms with E-state index in [-0.39, 0.29) is 24.1 Å². The van der Waals surface area contributed by atoms with E-state index in [0.717, 1.165) is 5.56 Å². The molecule has 3 unspecified atom stereocenters. The molecular weight excluding hydrogens is 244 g/mol. The molecule has 1 aromatic rings. The number of hydrogen-bond donors (Lipinski definition) is 3. The molecule has 2 amide bonds. The van der Waals surface area contributed by atoms with Gasteiger partial charge in [-0.25, -0.2) is 4.79 Å². The first-order chi connectivity index (χ1) is 8.88. The number of nitrogens with one attached hydrogen (secondary N) is 2. The number of hydrogen-bond acceptors (Lipinski definition) is 3. The highest BCUT2D eigenvalue weighted by Gasteiger charge is 2.12. The average Bonchev–Trinajstić information content (AvgIpc) is 2.72. The fourth-order valence-corrected chi connectivity index (χ4v) is 1.93. The molecule has 3 atom stereocenters. The zero-order valence-electron chi connectivity index (χ0n) is 12.1. The lowest BCUT2D eigenvalue weighted by Gasteiger charge is -2.16. The lowest BCUT2D eigenvalue weighted by atomic mass is 10.1. The summed E-state index contributed by atoms with van der Waals surface area (Å²) < 4.78 is 1.70. The maximum absolute atomic E-state index is 11.7. The van der Waals surface area contributed by atoms with E-state index in [0.29, 0.717) is 13.0 Å². The van der Waals surface area contributed by atoms with Gasteiger partial charge in [0.2, 0.25) is 0 Å². The number of urea groups is 1. The number of aliphatic hydroxyl groups is 1. The molecule has 0 radical (unpaired) electrons. The standard InChI is InChI=1S/C13H24N4O2/c1-9(5-10(2)18)6-14-13(19)16-11(3)12-7-15-17(4)8-12/h7-11,18H,5-6H2,1-4H3,(H2,14,16,19). The summed E-state index contributed by atoms with van der Waals surface area (Å²) in [5, 5.41) is 19.0. The van der Waals surface area contributed by atoms with Crippen LogP contribution in [0.5, 0.6) is 0 Å². The second-order valence-electron chi connectivity index (χ2n) is 5.21. The van der Waals surface area contributed by atoms with E-state index in [1.54, 1.807) is 17.8 Å². The van der Waals surface area contributed by atoms with Gasteiger partial charge in [0.1, 0.15) is 0 Å². The fourth-order valence-electron chi connectivity index (χ4n) is 1.93. The highest BCUT2D eigenvalue weighted by atomic mass is 16.3. The van der Waals surface area contributed by atoms with Gasteiger partial charge >= 0.3 is 6.03 Å². The quantitative estimate of drug-likeness (QED) is 0.725. The van der Waals surface area contributed by atoms with E-state index in [4.69, 9.17) is 0 Å². The molecule has 0 aliphatic carbocycles. The topological polar surface area (TPSA) is 79.2 Å². The third kappa shape index (κ3) is 5.74. The highest BCUT2D eigenvalue weighted by Crippen LogP contribution is 2.10. The van der Waals surface area contributed by atoms with Gasteiger partial charge in [-0.1, -0.05) is 6.92 Å². The number of amides is 2. The lowest BCUT2D eigenvalue weighted by molar-refractivity contribution is 0.163. The van der Waals surface area contributed by atoms with Crippen LogP contribution < -0.4 is 10.6 Å². The van der Waals surface area contributed by atoms with Crippen LogP contribution in [0, 0.1) is 5.92 Å². The van der Waals surface area contributed by atoms with Crippen molar-refractivity contribution in [2.24, 2.45) is 13.0 Å². The molecule has 0 aliphatic rings. The Hall–Kier alpha value is -1.56. The van der Waals surface area contributed by atoms with Gasteiger partial charge in [0.25, 0.3) is 0 Å². The SMILES string of the molecule is CC(O)CC(C)CNC(=O)NC(C)c1cnn(C)c1. The van der Waals surface area contributed by atoms with Gasteiger partial charge < -0.3 is 15.7 Å². The summed E-state index contributed by atoms with van der Waals surface area (Å²) in [6.07, 6.45) is 3.95. The molecular formula is C13H24N4O2. The van der Waals surface area contributed by atoms with Crippen molar-refractivity contribution in [3.05, 3.63) is 18.0 Å². The van der Waals surface area contributed by atoms with Gasteiger partial charge in [0, 0.05) is 25.4 Å².